The molecule has 2 N–H and O–H groups in total. The monoisotopic (exact) mass is 295 g/mol. The van der Waals surface area contributed by atoms with Gasteiger partial charge in [0.2, 0.25) is 5.95 Å². The van der Waals surface area contributed by atoms with Gasteiger partial charge >= 0.3 is 0 Å². The molecule has 0 saturated carbocycles. The van der Waals surface area contributed by atoms with E-state index >= 15 is 0 Å². The standard InChI is InChI=1S/C14H17N3O2.ClH/c1-2-18-13-12(10-16-14(15)17-13)19-9-8-11-6-4-3-5-7-11;/h3-7,10H,2,8-9H2,1H3,(H2,15,16,17);1H. The molecule has 0 radical (unpaired) electrons. The maximum Gasteiger partial charge on any atom is 0.261 e. The highest BCUT2D eigenvalue weighted by Gasteiger charge is 2.08. The Hall–Kier alpha value is -2.01. The van der Waals surface area contributed by atoms with Crippen molar-refractivity contribution in [1.82, 2.24) is 9.97 Å². The van der Waals surface area contributed by atoms with E-state index < -0.39 is 0 Å². The highest BCUT2D eigenvalue weighted by atomic mass is 35.5. The maximum atomic E-state index is 5.64. The fourth-order valence-electron chi connectivity index (χ4n) is 1.63. The summed E-state index contributed by atoms with van der Waals surface area (Å²) in [7, 11) is 0. The van der Waals surface area contributed by atoms with Crippen LogP contribution in [0.15, 0.2) is 36.5 Å². The molecule has 2 aromatic rings. The average molecular weight is 296 g/mol. The van der Waals surface area contributed by atoms with Gasteiger partial charge in [-0.2, -0.15) is 4.98 Å². The molecule has 20 heavy (non-hydrogen) atoms. The molecule has 0 bridgehead atoms. The first-order chi connectivity index (χ1) is 9.29. The number of ether oxygens (including phenoxy) is 2. The van der Waals surface area contributed by atoms with E-state index in [1.807, 2.05) is 25.1 Å². The summed E-state index contributed by atoms with van der Waals surface area (Å²) in [5, 5.41) is 0. The molecule has 0 amide bonds. The Balaban J connectivity index is 0.00000200. The highest BCUT2D eigenvalue weighted by molar-refractivity contribution is 5.85. The van der Waals surface area contributed by atoms with E-state index in [0.717, 1.165) is 6.42 Å². The first kappa shape index (κ1) is 16.0. The molecule has 1 aromatic heterocycles. The van der Waals surface area contributed by atoms with E-state index in [0.29, 0.717) is 24.8 Å². The van der Waals surface area contributed by atoms with E-state index in [1.165, 1.54) is 5.56 Å². The van der Waals surface area contributed by atoms with Crippen LogP contribution in [0.1, 0.15) is 12.5 Å². The Morgan fingerprint density at radius 1 is 1.15 bits per heavy atom. The number of nitrogen functional groups attached to an aromatic ring is 1. The van der Waals surface area contributed by atoms with Crippen molar-refractivity contribution in [1.29, 1.82) is 0 Å². The van der Waals surface area contributed by atoms with E-state index in [4.69, 9.17) is 15.2 Å². The molecule has 0 aliphatic heterocycles. The van der Waals surface area contributed by atoms with Crippen molar-refractivity contribution in [2.45, 2.75) is 13.3 Å². The third-order valence-electron chi connectivity index (χ3n) is 2.51. The number of nitrogens with zero attached hydrogens (tertiary/aromatic N) is 2. The van der Waals surface area contributed by atoms with E-state index in [-0.39, 0.29) is 18.4 Å². The van der Waals surface area contributed by atoms with Crippen molar-refractivity contribution < 1.29 is 9.47 Å². The first-order valence-electron chi connectivity index (χ1n) is 6.21. The molecule has 2 rings (SSSR count). The number of hydrogen-bond donors (Lipinski definition) is 1. The summed E-state index contributed by atoms with van der Waals surface area (Å²) in [4.78, 5) is 7.92. The molecule has 0 atom stereocenters. The quantitative estimate of drug-likeness (QED) is 0.886. The van der Waals surface area contributed by atoms with Crippen molar-refractivity contribution in [3.63, 3.8) is 0 Å². The van der Waals surface area contributed by atoms with Crippen molar-refractivity contribution in [3.05, 3.63) is 42.1 Å². The minimum atomic E-state index is 0. The predicted octanol–water partition coefficient (Wildman–Crippen LogP) is 2.50. The van der Waals surface area contributed by atoms with Gasteiger partial charge in [-0.05, 0) is 12.5 Å². The topological polar surface area (TPSA) is 70.3 Å². The number of benzene rings is 1. The van der Waals surface area contributed by atoms with Crippen LogP contribution in [-0.4, -0.2) is 23.2 Å². The predicted molar refractivity (Wildman–Crippen MR) is 80.5 cm³/mol. The van der Waals surface area contributed by atoms with Gasteiger partial charge in [-0.25, -0.2) is 4.98 Å². The summed E-state index contributed by atoms with van der Waals surface area (Å²) >= 11 is 0. The molecular weight excluding hydrogens is 278 g/mol. The molecule has 0 spiro atoms. The first-order valence-corrected chi connectivity index (χ1v) is 6.21. The van der Waals surface area contributed by atoms with Gasteiger partial charge in [-0.1, -0.05) is 30.3 Å². The van der Waals surface area contributed by atoms with Gasteiger partial charge < -0.3 is 15.2 Å². The number of rotatable bonds is 6. The highest BCUT2D eigenvalue weighted by Crippen LogP contribution is 2.24. The van der Waals surface area contributed by atoms with Crippen LogP contribution in [0.2, 0.25) is 0 Å². The Kier molecular flexibility index (Phi) is 6.59. The van der Waals surface area contributed by atoms with E-state index in [2.05, 4.69) is 22.1 Å². The van der Waals surface area contributed by atoms with Crippen LogP contribution in [0.25, 0.3) is 0 Å². The van der Waals surface area contributed by atoms with Crippen molar-refractivity contribution in [2.24, 2.45) is 0 Å². The fraction of sp³-hybridized carbons (Fsp3) is 0.286. The largest absolute Gasteiger partial charge is 0.486 e. The zero-order chi connectivity index (χ0) is 13.5. The minimum Gasteiger partial charge on any atom is -0.486 e. The second-order valence-corrected chi connectivity index (χ2v) is 3.91. The third-order valence-corrected chi connectivity index (χ3v) is 2.51. The van der Waals surface area contributed by atoms with Gasteiger partial charge in [-0.3, -0.25) is 0 Å². The number of anilines is 1. The number of nitrogens with two attached hydrogens (primary N) is 1. The molecular formula is C14H18ClN3O2. The number of aromatic nitrogens is 2. The Bertz CT molecular complexity index is 523. The SMILES string of the molecule is CCOc1nc(N)ncc1OCCc1ccccc1.Cl. The Morgan fingerprint density at radius 2 is 1.90 bits per heavy atom. The van der Waals surface area contributed by atoms with Gasteiger partial charge in [-0.15, -0.1) is 12.4 Å². The second kappa shape index (κ2) is 8.22. The van der Waals surface area contributed by atoms with Gasteiger partial charge in [0.1, 0.15) is 0 Å². The normalized spacial score (nSPS) is 9.65. The molecule has 1 aromatic carbocycles. The third kappa shape index (κ3) is 4.59. The van der Waals surface area contributed by atoms with Crippen LogP contribution in [0.5, 0.6) is 11.6 Å². The van der Waals surface area contributed by atoms with Gasteiger partial charge in [0.25, 0.3) is 5.88 Å². The molecule has 108 valence electrons. The molecule has 5 nitrogen and oxygen atoms in total. The van der Waals surface area contributed by atoms with E-state index in [1.54, 1.807) is 6.20 Å². The lowest BCUT2D eigenvalue weighted by molar-refractivity contribution is 0.269. The number of halogens is 1. The summed E-state index contributed by atoms with van der Waals surface area (Å²) in [5.41, 5.74) is 6.74. The van der Waals surface area contributed by atoms with Crippen molar-refractivity contribution in [2.75, 3.05) is 18.9 Å². The van der Waals surface area contributed by atoms with Crippen LogP contribution in [-0.2, 0) is 6.42 Å². The summed E-state index contributed by atoms with van der Waals surface area (Å²) < 4.78 is 11.0. The zero-order valence-electron chi connectivity index (χ0n) is 11.3. The summed E-state index contributed by atoms with van der Waals surface area (Å²) in [6.45, 7) is 2.93. The molecule has 6 heteroatoms. The van der Waals surface area contributed by atoms with Crippen LogP contribution in [0, 0.1) is 0 Å². The number of hydrogen-bond acceptors (Lipinski definition) is 5. The van der Waals surface area contributed by atoms with Gasteiger partial charge in [0.05, 0.1) is 19.4 Å². The van der Waals surface area contributed by atoms with Crippen LogP contribution >= 0.6 is 12.4 Å². The molecule has 0 aliphatic rings. The minimum absolute atomic E-state index is 0. The lowest BCUT2D eigenvalue weighted by atomic mass is 10.2. The lowest BCUT2D eigenvalue weighted by Gasteiger charge is -2.10. The smallest absolute Gasteiger partial charge is 0.261 e. The summed E-state index contributed by atoms with van der Waals surface area (Å²) in [6, 6.07) is 10.1. The van der Waals surface area contributed by atoms with Crippen LogP contribution in [0.4, 0.5) is 5.95 Å². The second-order valence-electron chi connectivity index (χ2n) is 3.91. The van der Waals surface area contributed by atoms with Crippen LogP contribution < -0.4 is 15.2 Å². The molecule has 0 saturated heterocycles. The molecule has 0 unspecified atom stereocenters. The zero-order valence-corrected chi connectivity index (χ0v) is 12.1. The molecule has 0 aliphatic carbocycles. The van der Waals surface area contributed by atoms with Gasteiger partial charge in [0.15, 0.2) is 5.75 Å². The van der Waals surface area contributed by atoms with Crippen molar-refractivity contribution in [3.8, 4) is 11.6 Å². The summed E-state index contributed by atoms with van der Waals surface area (Å²) in [5.74, 6) is 1.09. The Morgan fingerprint density at radius 3 is 2.60 bits per heavy atom. The van der Waals surface area contributed by atoms with E-state index in [9.17, 15) is 0 Å². The average Bonchev–Trinajstić information content (AvgIpc) is 2.43. The summed E-state index contributed by atoms with van der Waals surface area (Å²) in [6.07, 6.45) is 2.36. The molecule has 0 fully saturated rings. The molecule has 1 heterocycles. The maximum absolute atomic E-state index is 5.64. The van der Waals surface area contributed by atoms with Crippen LogP contribution in [0.3, 0.4) is 0 Å². The van der Waals surface area contributed by atoms with Crippen molar-refractivity contribution >= 4 is 18.4 Å². The fourth-order valence-corrected chi connectivity index (χ4v) is 1.63. The van der Waals surface area contributed by atoms with Gasteiger partial charge in [0, 0.05) is 6.42 Å². The lowest BCUT2D eigenvalue weighted by Crippen LogP contribution is -2.06. The Labute approximate surface area is 124 Å².